The zero-order chi connectivity index (χ0) is 13.2. The molecule has 0 unspecified atom stereocenters. The van der Waals surface area contributed by atoms with Crippen molar-refractivity contribution in [2.45, 2.75) is 39.2 Å². The van der Waals surface area contributed by atoms with Crippen LogP contribution in [0.3, 0.4) is 0 Å². The van der Waals surface area contributed by atoms with Gasteiger partial charge in [-0.05, 0) is 50.8 Å². The summed E-state index contributed by atoms with van der Waals surface area (Å²) in [6.07, 6.45) is 2.82. The molecule has 2 rings (SSSR count). The van der Waals surface area contributed by atoms with Crippen molar-refractivity contribution in [2.24, 2.45) is 5.41 Å². The second-order valence-corrected chi connectivity index (χ2v) is 5.26. The van der Waals surface area contributed by atoms with E-state index >= 15 is 0 Å². The number of carbonyl (C=O) groups is 1. The molecule has 1 aliphatic carbocycles. The van der Waals surface area contributed by atoms with Gasteiger partial charge in [-0.15, -0.1) is 0 Å². The Morgan fingerprint density at radius 1 is 1.28 bits per heavy atom. The van der Waals surface area contributed by atoms with Gasteiger partial charge in [-0.3, -0.25) is 4.79 Å². The molecular weight excluding hydrogens is 228 g/mol. The van der Waals surface area contributed by atoms with E-state index in [1.807, 2.05) is 38.1 Å². The summed E-state index contributed by atoms with van der Waals surface area (Å²) in [6.45, 7) is 4.01. The highest BCUT2D eigenvalue weighted by Crippen LogP contribution is 2.49. The molecule has 0 aliphatic heterocycles. The summed E-state index contributed by atoms with van der Waals surface area (Å²) in [7, 11) is 1.46. The van der Waals surface area contributed by atoms with E-state index in [0.29, 0.717) is 0 Å². The van der Waals surface area contributed by atoms with Crippen LogP contribution >= 0.6 is 0 Å². The molecule has 0 bridgehead atoms. The number of carbonyl (C=O) groups excluding carboxylic acids is 1. The monoisotopic (exact) mass is 248 g/mol. The van der Waals surface area contributed by atoms with Crippen molar-refractivity contribution in [3.8, 4) is 5.75 Å². The molecule has 0 aromatic heterocycles. The van der Waals surface area contributed by atoms with Gasteiger partial charge in [-0.25, -0.2) is 0 Å². The Hall–Kier alpha value is -1.51. The number of hydrogen-bond donors (Lipinski definition) is 0. The van der Waals surface area contributed by atoms with Crippen LogP contribution in [0.25, 0.3) is 0 Å². The largest absolute Gasteiger partial charge is 0.491 e. The number of hydrogen-bond acceptors (Lipinski definition) is 3. The van der Waals surface area contributed by atoms with Crippen LogP contribution in [-0.4, -0.2) is 19.2 Å². The minimum atomic E-state index is -0.255. The van der Waals surface area contributed by atoms with Gasteiger partial charge < -0.3 is 9.47 Å². The Kier molecular flexibility index (Phi) is 3.60. The number of ether oxygens (including phenoxy) is 2. The number of esters is 1. The molecule has 0 spiro atoms. The van der Waals surface area contributed by atoms with E-state index in [0.717, 1.165) is 30.6 Å². The second kappa shape index (κ2) is 5.01. The fraction of sp³-hybridized carbons (Fsp3) is 0.533. The van der Waals surface area contributed by atoms with E-state index in [1.165, 1.54) is 7.11 Å². The van der Waals surface area contributed by atoms with Gasteiger partial charge in [0.15, 0.2) is 0 Å². The second-order valence-electron chi connectivity index (χ2n) is 5.26. The highest BCUT2D eigenvalue weighted by Gasteiger charge is 2.50. The summed E-state index contributed by atoms with van der Waals surface area (Å²) >= 11 is 0. The first-order valence-corrected chi connectivity index (χ1v) is 6.40. The normalized spacial score (nSPS) is 16.4. The third-order valence-electron chi connectivity index (χ3n) is 3.31. The Balaban J connectivity index is 2.00. The summed E-state index contributed by atoms with van der Waals surface area (Å²) in [5.74, 6) is 0.793. The minimum absolute atomic E-state index is 0.0787. The molecule has 0 amide bonds. The van der Waals surface area contributed by atoms with Crippen LogP contribution in [0.5, 0.6) is 5.75 Å². The van der Waals surface area contributed by atoms with Crippen LogP contribution < -0.4 is 4.74 Å². The van der Waals surface area contributed by atoms with Crippen LogP contribution in [0.1, 0.15) is 32.3 Å². The van der Waals surface area contributed by atoms with Crippen molar-refractivity contribution in [1.29, 1.82) is 0 Å². The van der Waals surface area contributed by atoms with Crippen molar-refractivity contribution in [1.82, 2.24) is 0 Å². The zero-order valence-corrected chi connectivity index (χ0v) is 11.2. The molecule has 0 radical (unpaired) electrons. The maximum atomic E-state index is 11.7. The number of benzene rings is 1. The van der Waals surface area contributed by atoms with Crippen molar-refractivity contribution < 1.29 is 14.3 Å². The maximum Gasteiger partial charge on any atom is 0.312 e. The van der Waals surface area contributed by atoms with Gasteiger partial charge >= 0.3 is 5.97 Å². The fourth-order valence-electron chi connectivity index (χ4n) is 2.17. The predicted octanol–water partition coefficient (Wildman–Crippen LogP) is 2.97. The first-order chi connectivity index (χ1) is 8.55. The van der Waals surface area contributed by atoms with Crippen molar-refractivity contribution in [3.05, 3.63) is 29.8 Å². The third-order valence-corrected chi connectivity index (χ3v) is 3.31. The Morgan fingerprint density at radius 2 is 1.89 bits per heavy atom. The summed E-state index contributed by atoms with van der Waals surface area (Å²) in [6, 6.07) is 7.98. The summed E-state index contributed by atoms with van der Waals surface area (Å²) < 4.78 is 10.5. The SMILES string of the molecule is COC(=O)C1(Cc2ccc(OC(C)C)cc2)CC1. The molecule has 1 saturated carbocycles. The molecule has 3 heteroatoms. The lowest BCUT2D eigenvalue weighted by Gasteiger charge is -2.13. The minimum Gasteiger partial charge on any atom is -0.491 e. The smallest absolute Gasteiger partial charge is 0.312 e. The van der Waals surface area contributed by atoms with Gasteiger partial charge in [0.05, 0.1) is 18.6 Å². The van der Waals surface area contributed by atoms with Gasteiger partial charge in [0, 0.05) is 0 Å². The highest BCUT2D eigenvalue weighted by molar-refractivity contribution is 5.80. The van der Waals surface area contributed by atoms with E-state index < -0.39 is 0 Å². The van der Waals surface area contributed by atoms with Gasteiger partial charge in [0.1, 0.15) is 5.75 Å². The van der Waals surface area contributed by atoms with Gasteiger partial charge in [-0.1, -0.05) is 12.1 Å². The number of methoxy groups -OCH3 is 1. The average Bonchev–Trinajstić information content (AvgIpc) is 3.11. The summed E-state index contributed by atoms with van der Waals surface area (Å²) in [5, 5.41) is 0. The molecule has 0 atom stereocenters. The maximum absolute atomic E-state index is 11.7. The van der Waals surface area contributed by atoms with Gasteiger partial charge in [0.2, 0.25) is 0 Å². The standard InChI is InChI=1S/C15H20O3/c1-11(2)18-13-6-4-12(5-7-13)10-15(8-9-15)14(16)17-3/h4-7,11H,8-10H2,1-3H3. The third kappa shape index (κ3) is 2.84. The van der Waals surface area contributed by atoms with Crippen LogP contribution in [0.4, 0.5) is 0 Å². The fourth-order valence-corrected chi connectivity index (χ4v) is 2.17. The Labute approximate surface area is 108 Å². The van der Waals surface area contributed by atoms with Gasteiger partial charge in [-0.2, -0.15) is 0 Å². The Morgan fingerprint density at radius 3 is 2.33 bits per heavy atom. The summed E-state index contributed by atoms with van der Waals surface area (Å²) in [5.41, 5.74) is 0.906. The molecule has 1 aliphatic rings. The van der Waals surface area contributed by atoms with E-state index in [-0.39, 0.29) is 17.5 Å². The first-order valence-electron chi connectivity index (χ1n) is 6.40. The first kappa shape index (κ1) is 12.9. The van der Waals surface area contributed by atoms with Crippen molar-refractivity contribution in [2.75, 3.05) is 7.11 Å². The average molecular weight is 248 g/mol. The molecular formula is C15H20O3. The summed E-state index contributed by atoms with van der Waals surface area (Å²) in [4.78, 5) is 11.7. The predicted molar refractivity (Wildman–Crippen MR) is 69.6 cm³/mol. The lowest BCUT2D eigenvalue weighted by atomic mass is 9.96. The molecule has 1 aromatic carbocycles. The Bertz CT molecular complexity index is 416. The quantitative estimate of drug-likeness (QED) is 0.751. The van der Waals surface area contributed by atoms with E-state index in [2.05, 4.69) is 0 Å². The highest BCUT2D eigenvalue weighted by atomic mass is 16.5. The molecule has 0 heterocycles. The van der Waals surface area contributed by atoms with Crippen LogP contribution in [-0.2, 0) is 16.0 Å². The van der Waals surface area contributed by atoms with Crippen LogP contribution in [0, 0.1) is 5.41 Å². The molecule has 3 nitrogen and oxygen atoms in total. The number of rotatable bonds is 5. The molecule has 18 heavy (non-hydrogen) atoms. The topological polar surface area (TPSA) is 35.5 Å². The van der Waals surface area contributed by atoms with Gasteiger partial charge in [0.25, 0.3) is 0 Å². The van der Waals surface area contributed by atoms with E-state index in [1.54, 1.807) is 0 Å². The lowest BCUT2D eigenvalue weighted by molar-refractivity contribution is -0.147. The van der Waals surface area contributed by atoms with Crippen LogP contribution in [0.2, 0.25) is 0 Å². The lowest BCUT2D eigenvalue weighted by Crippen LogP contribution is -2.19. The molecule has 98 valence electrons. The van der Waals surface area contributed by atoms with E-state index in [9.17, 15) is 4.79 Å². The van der Waals surface area contributed by atoms with Crippen molar-refractivity contribution >= 4 is 5.97 Å². The molecule has 1 aromatic rings. The molecule has 0 N–H and O–H groups in total. The molecule has 1 fully saturated rings. The van der Waals surface area contributed by atoms with E-state index in [4.69, 9.17) is 9.47 Å². The molecule has 0 saturated heterocycles. The zero-order valence-electron chi connectivity index (χ0n) is 11.2. The van der Waals surface area contributed by atoms with Crippen molar-refractivity contribution in [3.63, 3.8) is 0 Å². The van der Waals surface area contributed by atoms with Crippen LogP contribution in [0.15, 0.2) is 24.3 Å².